The second kappa shape index (κ2) is 9.58. The molecule has 0 atom stereocenters. The summed E-state index contributed by atoms with van der Waals surface area (Å²) in [4.78, 5) is 14.9. The van der Waals surface area contributed by atoms with Crippen molar-refractivity contribution in [2.45, 2.75) is 0 Å². The Labute approximate surface area is 262 Å². The molecule has 5 nitrogen and oxygen atoms in total. The van der Waals surface area contributed by atoms with Crippen LogP contribution in [0.2, 0.25) is 0 Å². The number of rotatable bonds is 3. The van der Waals surface area contributed by atoms with Crippen LogP contribution in [0.1, 0.15) is 0 Å². The number of hydrogen-bond donors (Lipinski definition) is 0. The average Bonchev–Trinajstić information content (AvgIpc) is 3.71. The van der Waals surface area contributed by atoms with E-state index in [0.717, 1.165) is 76.7 Å². The molecule has 214 valence electrons. The Bertz CT molecular complexity index is 2810. The summed E-state index contributed by atoms with van der Waals surface area (Å²) in [5.74, 6) is 1.82. The highest BCUT2D eigenvalue weighted by Crippen LogP contribution is 2.45. The lowest BCUT2D eigenvalue weighted by molar-refractivity contribution is 0.665. The lowest BCUT2D eigenvalue weighted by atomic mass is 9.99. The highest BCUT2D eigenvalue weighted by atomic mass is 16.3. The van der Waals surface area contributed by atoms with Crippen molar-refractivity contribution in [3.63, 3.8) is 0 Å². The smallest absolute Gasteiger partial charge is 0.164 e. The van der Waals surface area contributed by atoms with Crippen LogP contribution < -0.4 is 0 Å². The van der Waals surface area contributed by atoms with Crippen molar-refractivity contribution in [3.05, 3.63) is 140 Å². The van der Waals surface area contributed by atoms with E-state index in [1.165, 1.54) is 5.39 Å². The Balaban J connectivity index is 1.22. The molecule has 0 unspecified atom stereocenters. The van der Waals surface area contributed by atoms with E-state index in [4.69, 9.17) is 23.8 Å². The highest BCUT2D eigenvalue weighted by Gasteiger charge is 2.21. The topological polar surface area (TPSA) is 65.0 Å². The quantitative estimate of drug-likeness (QED) is 0.205. The zero-order valence-electron chi connectivity index (χ0n) is 24.4. The summed E-state index contributed by atoms with van der Waals surface area (Å²) < 4.78 is 13.2. The number of fused-ring (bicyclic) bond motifs is 11. The molecule has 0 aliphatic rings. The zero-order chi connectivity index (χ0) is 30.2. The van der Waals surface area contributed by atoms with Crippen LogP contribution in [0.15, 0.2) is 148 Å². The Morgan fingerprint density at radius 3 is 1.76 bits per heavy atom. The van der Waals surface area contributed by atoms with Crippen LogP contribution in [0.3, 0.4) is 0 Å². The second-order valence-corrected chi connectivity index (χ2v) is 11.6. The molecule has 5 heteroatoms. The fourth-order valence-electron chi connectivity index (χ4n) is 6.72. The van der Waals surface area contributed by atoms with Crippen molar-refractivity contribution in [1.82, 2.24) is 15.0 Å². The van der Waals surface area contributed by atoms with Gasteiger partial charge < -0.3 is 8.83 Å². The van der Waals surface area contributed by atoms with Crippen LogP contribution in [-0.4, -0.2) is 15.0 Å². The minimum Gasteiger partial charge on any atom is -0.455 e. The molecular formula is C41H23N3O2. The SMILES string of the molecule is c1ccc(-c2nc(-c3ccc4ccccc4c3)nc(-c3ccc4c(c3)oc3c5ccccc5c5c6ccccc6oc5c43)n2)cc1. The van der Waals surface area contributed by atoms with Gasteiger partial charge in [0.25, 0.3) is 0 Å². The van der Waals surface area contributed by atoms with Crippen molar-refractivity contribution < 1.29 is 8.83 Å². The summed E-state index contributed by atoms with van der Waals surface area (Å²) in [5, 5.41) is 8.64. The fraction of sp³-hybridized carbons (Fsp3) is 0. The molecule has 0 fully saturated rings. The van der Waals surface area contributed by atoms with E-state index in [9.17, 15) is 0 Å². The van der Waals surface area contributed by atoms with Crippen molar-refractivity contribution in [2.75, 3.05) is 0 Å². The van der Waals surface area contributed by atoms with Crippen LogP contribution >= 0.6 is 0 Å². The maximum absolute atomic E-state index is 6.68. The standard InChI is InChI=1S/C41H23N3O2/c1-2-11-25(12-3-1)39-42-40(27-19-18-24-10-4-5-13-26(24)22-27)44-41(43-39)28-20-21-32-34(23-28)46-37-30-15-7-6-14-29(30)35-31-16-8-9-17-33(31)45-38(35)36(32)37/h1-23H. The normalized spacial score (nSPS) is 11.9. The molecule has 3 heterocycles. The number of para-hydroxylation sites is 1. The van der Waals surface area contributed by atoms with E-state index in [1.54, 1.807) is 0 Å². The van der Waals surface area contributed by atoms with Gasteiger partial charge in [-0.25, -0.2) is 15.0 Å². The highest BCUT2D eigenvalue weighted by molar-refractivity contribution is 6.33. The van der Waals surface area contributed by atoms with E-state index in [1.807, 2.05) is 60.7 Å². The van der Waals surface area contributed by atoms with Crippen LogP contribution in [-0.2, 0) is 0 Å². The first-order valence-electron chi connectivity index (χ1n) is 15.3. The number of furan rings is 2. The molecule has 0 amide bonds. The van der Waals surface area contributed by atoms with E-state index in [2.05, 4.69) is 78.9 Å². The van der Waals surface area contributed by atoms with Gasteiger partial charge in [0.05, 0.1) is 5.39 Å². The van der Waals surface area contributed by atoms with E-state index < -0.39 is 0 Å². The lowest BCUT2D eigenvalue weighted by Crippen LogP contribution is -2.00. The molecule has 10 aromatic rings. The predicted molar refractivity (Wildman–Crippen MR) is 186 cm³/mol. The molecule has 0 aliphatic heterocycles. The van der Waals surface area contributed by atoms with Gasteiger partial charge in [-0.2, -0.15) is 0 Å². The van der Waals surface area contributed by atoms with Crippen molar-refractivity contribution >= 4 is 65.4 Å². The molecule has 10 rings (SSSR count). The molecule has 0 saturated heterocycles. The molecule has 3 aromatic heterocycles. The summed E-state index contributed by atoms with van der Waals surface area (Å²) in [7, 11) is 0. The van der Waals surface area contributed by atoms with E-state index in [0.29, 0.717) is 17.5 Å². The predicted octanol–water partition coefficient (Wildman–Crippen LogP) is 11.0. The number of nitrogens with zero attached hydrogens (tertiary/aromatic N) is 3. The van der Waals surface area contributed by atoms with Crippen LogP contribution in [0.4, 0.5) is 0 Å². The van der Waals surface area contributed by atoms with E-state index in [-0.39, 0.29) is 0 Å². The Morgan fingerprint density at radius 1 is 0.348 bits per heavy atom. The van der Waals surface area contributed by atoms with Gasteiger partial charge in [0.15, 0.2) is 17.5 Å². The van der Waals surface area contributed by atoms with Gasteiger partial charge in [-0.15, -0.1) is 0 Å². The zero-order valence-corrected chi connectivity index (χ0v) is 24.4. The minimum atomic E-state index is 0.582. The van der Waals surface area contributed by atoms with Gasteiger partial charge in [-0.05, 0) is 40.4 Å². The van der Waals surface area contributed by atoms with Gasteiger partial charge in [0.2, 0.25) is 0 Å². The molecule has 0 spiro atoms. The molecule has 0 bridgehead atoms. The Hall–Kier alpha value is -6.33. The molecule has 46 heavy (non-hydrogen) atoms. The van der Waals surface area contributed by atoms with Gasteiger partial charge in [-0.1, -0.05) is 115 Å². The molecule has 0 aliphatic carbocycles. The third-order valence-corrected chi connectivity index (χ3v) is 8.89. The van der Waals surface area contributed by atoms with Crippen molar-refractivity contribution in [2.24, 2.45) is 0 Å². The minimum absolute atomic E-state index is 0.582. The fourth-order valence-corrected chi connectivity index (χ4v) is 6.72. The second-order valence-electron chi connectivity index (χ2n) is 11.6. The maximum atomic E-state index is 6.68. The molecule has 7 aromatic carbocycles. The first-order chi connectivity index (χ1) is 22.8. The maximum Gasteiger partial charge on any atom is 0.164 e. The summed E-state index contributed by atoms with van der Waals surface area (Å²) in [5.41, 5.74) is 5.97. The van der Waals surface area contributed by atoms with Crippen LogP contribution in [0.5, 0.6) is 0 Å². The van der Waals surface area contributed by atoms with Gasteiger partial charge >= 0.3 is 0 Å². The summed E-state index contributed by atoms with van der Waals surface area (Å²) in [6.45, 7) is 0. The largest absolute Gasteiger partial charge is 0.455 e. The Morgan fingerprint density at radius 2 is 0.935 bits per heavy atom. The molecular weight excluding hydrogens is 566 g/mol. The third kappa shape index (κ3) is 3.72. The van der Waals surface area contributed by atoms with Crippen molar-refractivity contribution in [1.29, 1.82) is 0 Å². The third-order valence-electron chi connectivity index (χ3n) is 8.89. The first-order valence-corrected chi connectivity index (χ1v) is 15.3. The summed E-state index contributed by atoms with van der Waals surface area (Å²) in [6, 6.07) is 47.5. The number of aromatic nitrogens is 3. The van der Waals surface area contributed by atoms with Crippen LogP contribution in [0.25, 0.3) is 99.6 Å². The van der Waals surface area contributed by atoms with Crippen molar-refractivity contribution in [3.8, 4) is 34.2 Å². The monoisotopic (exact) mass is 589 g/mol. The summed E-state index contributed by atoms with van der Waals surface area (Å²) in [6.07, 6.45) is 0. The van der Waals surface area contributed by atoms with Gasteiger partial charge in [-0.3, -0.25) is 0 Å². The molecule has 0 saturated carbocycles. The number of hydrogen-bond acceptors (Lipinski definition) is 5. The number of benzene rings is 7. The van der Waals surface area contributed by atoms with E-state index >= 15 is 0 Å². The first kappa shape index (κ1) is 25.0. The van der Waals surface area contributed by atoms with Gasteiger partial charge in [0.1, 0.15) is 22.3 Å². The lowest BCUT2D eigenvalue weighted by Gasteiger charge is -2.09. The summed E-state index contributed by atoms with van der Waals surface area (Å²) >= 11 is 0. The van der Waals surface area contributed by atoms with Gasteiger partial charge in [0, 0.05) is 38.2 Å². The molecule has 0 N–H and O–H groups in total. The van der Waals surface area contributed by atoms with Crippen LogP contribution in [0, 0.1) is 0 Å². The average molecular weight is 590 g/mol. The molecule has 0 radical (unpaired) electrons. The Kier molecular flexibility index (Phi) is 5.22.